The summed E-state index contributed by atoms with van der Waals surface area (Å²) in [6.45, 7) is -1.52. The topological polar surface area (TPSA) is 93.1 Å². The van der Waals surface area contributed by atoms with Gasteiger partial charge in [-0.05, 0) is 42.7 Å². The van der Waals surface area contributed by atoms with Gasteiger partial charge in [-0.2, -0.15) is 35.9 Å². The SMILES string of the molecule is N#Cc1c(C(F)(F)F)ccc2c1CN(S(=O)(=O)C(F)(F)F)CC(C13CC(C1)C3)N2Cc1cnc[nH]1. The second kappa shape index (κ2) is 7.60. The van der Waals surface area contributed by atoms with E-state index in [0.717, 1.165) is 12.1 Å². The first kappa shape index (κ1) is 23.9. The van der Waals surface area contributed by atoms with Crippen molar-refractivity contribution in [3.05, 3.63) is 47.0 Å². The molecule has 7 nitrogen and oxygen atoms in total. The monoisotopic (exact) mass is 519 g/mol. The predicted octanol–water partition coefficient (Wildman–Crippen LogP) is 4.14. The Kier molecular flexibility index (Phi) is 5.20. The molecular weight excluding hydrogens is 500 g/mol. The highest BCUT2D eigenvalue weighted by atomic mass is 32.2. The molecule has 2 heterocycles. The van der Waals surface area contributed by atoms with E-state index < -0.39 is 62.9 Å². The number of aromatic amines is 1. The Balaban J connectivity index is 1.73. The smallest absolute Gasteiger partial charge is 0.360 e. The minimum Gasteiger partial charge on any atom is -0.360 e. The average molecular weight is 519 g/mol. The Morgan fingerprint density at radius 1 is 1.17 bits per heavy atom. The van der Waals surface area contributed by atoms with Crippen molar-refractivity contribution in [2.45, 2.75) is 50.1 Å². The molecule has 1 aromatic carbocycles. The number of nitrogens with one attached hydrogen (secondary N) is 1. The number of fused-ring (bicyclic) bond motifs is 1. The number of imidazole rings is 1. The van der Waals surface area contributed by atoms with Gasteiger partial charge in [-0.1, -0.05) is 0 Å². The number of halogens is 6. The fraction of sp³-hybridized carbons (Fsp3) is 0.524. The van der Waals surface area contributed by atoms with Gasteiger partial charge in [0.15, 0.2) is 0 Å². The average Bonchev–Trinajstić information content (AvgIpc) is 3.14. The minimum absolute atomic E-state index is 0.0419. The van der Waals surface area contributed by atoms with Crippen LogP contribution in [0.4, 0.5) is 32.0 Å². The Morgan fingerprint density at radius 2 is 1.86 bits per heavy atom. The summed E-state index contributed by atoms with van der Waals surface area (Å²) < 4.78 is 107. The standard InChI is InChI=1S/C21H19F6N5O2S/c22-20(23,24)16-1-2-17-15(14(16)6-28)9-31(35(33,34)21(25,26)27)10-18(19-3-12(4-19)5-19)32(17)8-13-7-29-11-30-13/h1-2,7,11-12,18H,3-5,8-10H2,(H,29,30). The third kappa shape index (κ3) is 3.67. The molecule has 1 aliphatic heterocycles. The summed E-state index contributed by atoms with van der Waals surface area (Å²) >= 11 is 0. The van der Waals surface area contributed by atoms with Crippen LogP contribution in [-0.4, -0.2) is 40.8 Å². The number of rotatable bonds is 4. The van der Waals surface area contributed by atoms with Crippen LogP contribution in [0.25, 0.3) is 0 Å². The molecule has 1 atom stereocenters. The van der Waals surface area contributed by atoms with Crippen LogP contribution < -0.4 is 4.90 Å². The molecule has 1 N–H and O–H groups in total. The second-order valence-electron chi connectivity index (χ2n) is 9.40. The van der Waals surface area contributed by atoms with Gasteiger partial charge < -0.3 is 9.88 Å². The molecule has 35 heavy (non-hydrogen) atoms. The summed E-state index contributed by atoms with van der Waals surface area (Å²) in [5.41, 5.74) is -8.06. The van der Waals surface area contributed by atoms with Crippen molar-refractivity contribution in [1.82, 2.24) is 14.3 Å². The van der Waals surface area contributed by atoms with Crippen LogP contribution in [0.5, 0.6) is 0 Å². The largest absolute Gasteiger partial charge is 0.511 e. The van der Waals surface area contributed by atoms with Crippen molar-refractivity contribution in [3.8, 4) is 6.07 Å². The summed E-state index contributed by atoms with van der Waals surface area (Å²) in [7, 11) is -5.89. The molecule has 2 aromatic rings. The lowest BCUT2D eigenvalue weighted by atomic mass is 9.41. The fourth-order valence-electron chi connectivity index (χ4n) is 5.69. The molecule has 1 unspecified atom stereocenters. The molecule has 3 saturated carbocycles. The quantitative estimate of drug-likeness (QED) is 0.613. The normalized spacial score (nSPS) is 26.8. The predicted molar refractivity (Wildman–Crippen MR) is 110 cm³/mol. The number of nitrogens with zero attached hydrogens (tertiary/aromatic N) is 4. The fourth-order valence-corrected chi connectivity index (χ4v) is 6.62. The van der Waals surface area contributed by atoms with E-state index in [9.17, 15) is 40.0 Å². The molecule has 2 bridgehead atoms. The Morgan fingerprint density at radius 3 is 2.34 bits per heavy atom. The summed E-state index contributed by atoms with van der Waals surface area (Å²) in [4.78, 5) is 8.45. The van der Waals surface area contributed by atoms with Gasteiger partial charge in [0.1, 0.15) is 6.07 Å². The molecule has 3 aliphatic carbocycles. The summed E-state index contributed by atoms with van der Waals surface area (Å²) in [5.74, 6) is 0.404. The first-order valence-electron chi connectivity index (χ1n) is 10.7. The van der Waals surface area contributed by atoms with Crippen LogP contribution in [0.15, 0.2) is 24.7 Å². The third-order valence-corrected chi connectivity index (χ3v) is 8.97. The molecule has 188 valence electrons. The number of sulfonamides is 1. The van der Waals surface area contributed by atoms with E-state index in [-0.39, 0.29) is 16.5 Å². The third-order valence-electron chi connectivity index (χ3n) is 7.42. The molecule has 14 heteroatoms. The van der Waals surface area contributed by atoms with E-state index in [1.165, 1.54) is 18.6 Å². The van der Waals surface area contributed by atoms with Crippen LogP contribution in [-0.2, 0) is 29.3 Å². The number of aromatic nitrogens is 2. The minimum atomic E-state index is -5.89. The summed E-state index contributed by atoms with van der Waals surface area (Å²) in [6, 6.07) is 2.58. The maximum absolute atomic E-state index is 13.7. The highest BCUT2D eigenvalue weighted by Gasteiger charge is 2.63. The zero-order valence-corrected chi connectivity index (χ0v) is 18.8. The van der Waals surface area contributed by atoms with Crippen LogP contribution in [0.3, 0.4) is 0 Å². The summed E-state index contributed by atoms with van der Waals surface area (Å²) in [5, 5.41) is 9.64. The van der Waals surface area contributed by atoms with Crippen LogP contribution in [0.2, 0.25) is 0 Å². The lowest BCUT2D eigenvalue weighted by Gasteiger charge is -2.67. The highest BCUT2D eigenvalue weighted by Crippen LogP contribution is 2.67. The molecule has 6 rings (SSSR count). The Hall–Kier alpha value is -2.79. The van der Waals surface area contributed by atoms with Crippen molar-refractivity contribution in [2.75, 3.05) is 11.4 Å². The van der Waals surface area contributed by atoms with Crippen molar-refractivity contribution < 1.29 is 34.8 Å². The summed E-state index contributed by atoms with van der Waals surface area (Å²) in [6.07, 6.45) is -0.0168. The molecule has 0 radical (unpaired) electrons. The zero-order valence-electron chi connectivity index (χ0n) is 18.0. The lowest BCUT2D eigenvalue weighted by molar-refractivity contribution is -0.137. The van der Waals surface area contributed by atoms with Crippen molar-refractivity contribution in [1.29, 1.82) is 5.26 Å². The number of hydrogen-bond donors (Lipinski definition) is 1. The van der Waals surface area contributed by atoms with Gasteiger partial charge >= 0.3 is 21.7 Å². The van der Waals surface area contributed by atoms with Crippen molar-refractivity contribution in [2.24, 2.45) is 11.3 Å². The van der Waals surface area contributed by atoms with Gasteiger partial charge in [0.2, 0.25) is 0 Å². The molecule has 0 spiro atoms. The molecule has 4 aliphatic rings. The van der Waals surface area contributed by atoms with Crippen LogP contribution in [0, 0.1) is 22.7 Å². The number of H-pyrrole nitrogens is 1. The molecule has 3 fully saturated rings. The number of benzene rings is 1. The van der Waals surface area contributed by atoms with Gasteiger partial charge in [-0.15, -0.1) is 0 Å². The van der Waals surface area contributed by atoms with Crippen molar-refractivity contribution in [3.63, 3.8) is 0 Å². The van der Waals surface area contributed by atoms with E-state index >= 15 is 0 Å². The second-order valence-corrected chi connectivity index (χ2v) is 11.3. The number of anilines is 1. The van der Waals surface area contributed by atoms with E-state index in [4.69, 9.17) is 0 Å². The number of nitriles is 1. The molecule has 1 aromatic heterocycles. The Bertz CT molecular complexity index is 1280. The maximum atomic E-state index is 13.7. The van der Waals surface area contributed by atoms with Gasteiger partial charge in [-0.3, -0.25) is 0 Å². The maximum Gasteiger partial charge on any atom is 0.511 e. The Labute approximate surface area is 196 Å². The lowest BCUT2D eigenvalue weighted by Crippen LogP contribution is -2.66. The van der Waals surface area contributed by atoms with Crippen LogP contribution >= 0.6 is 0 Å². The van der Waals surface area contributed by atoms with Gasteiger partial charge in [0, 0.05) is 36.6 Å². The van der Waals surface area contributed by atoms with Crippen LogP contribution in [0.1, 0.15) is 41.6 Å². The van der Waals surface area contributed by atoms with E-state index in [1.807, 2.05) is 0 Å². The first-order valence-corrected chi connectivity index (χ1v) is 12.1. The molecule has 0 saturated heterocycles. The van der Waals surface area contributed by atoms with Gasteiger partial charge in [0.25, 0.3) is 0 Å². The number of hydrogen-bond acceptors (Lipinski definition) is 5. The van der Waals surface area contributed by atoms with E-state index in [2.05, 4.69) is 9.97 Å². The van der Waals surface area contributed by atoms with Gasteiger partial charge in [-0.25, -0.2) is 13.4 Å². The molecule has 0 amide bonds. The van der Waals surface area contributed by atoms with E-state index in [1.54, 1.807) is 4.90 Å². The zero-order chi connectivity index (χ0) is 25.4. The van der Waals surface area contributed by atoms with Gasteiger partial charge in [0.05, 0.1) is 29.7 Å². The first-order chi connectivity index (χ1) is 16.3. The molecular formula is C21H19F6N5O2S. The van der Waals surface area contributed by atoms with Crippen molar-refractivity contribution >= 4 is 15.7 Å². The highest BCUT2D eigenvalue weighted by molar-refractivity contribution is 7.89. The number of alkyl halides is 6. The van der Waals surface area contributed by atoms with E-state index in [0.29, 0.717) is 30.9 Å².